The van der Waals surface area contributed by atoms with Crippen molar-refractivity contribution in [2.45, 2.75) is 51.0 Å². The van der Waals surface area contributed by atoms with Gasteiger partial charge in [0.15, 0.2) is 11.5 Å². The quantitative estimate of drug-likeness (QED) is 0.609. The van der Waals surface area contributed by atoms with E-state index >= 15 is 0 Å². The zero-order valence-corrected chi connectivity index (χ0v) is 13.2. The maximum absolute atomic E-state index is 11.0. The Morgan fingerprint density at radius 1 is 1.14 bits per heavy atom. The number of benzene rings is 1. The molecule has 1 aliphatic rings. The van der Waals surface area contributed by atoms with Crippen molar-refractivity contribution in [3.63, 3.8) is 0 Å². The lowest BCUT2D eigenvalue weighted by atomic mass is 9.82. The van der Waals surface area contributed by atoms with Crippen LogP contribution in [-0.2, 0) is 10.3 Å². The number of nitrogens with zero attached hydrogens (tertiary/aromatic N) is 1. The molecular weight excluding hydrogens is 266 g/mol. The molecule has 0 amide bonds. The summed E-state index contributed by atoms with van der Waals surface area (Å²) >= 11 is 0. The van der Waals surface area contributed by atoms with Crippen molar-refractivity contribution < 1.29 is 14.3 Å². The second-order valence-corrected chi connectivity index (χ2v) is 5.89. The second-order valence-electron chi connectivity index (χ2n) is 5.89. The molecule has 0 N–H and O–H groups in total. The average molecular weight is 289 g/mol. The third-order valence-electron chi connectivity index (χ3n) is 4.37. The predicted molar refractivity (Wildman–Crippen MR) is 81.9 cm³/mol. The van der Waals surface area contributed by atoms with Gasteiger partial charge in [-0.1, -0.05) is 26.7 Å². The van der Waals surface area contributed by atoms with Crippen molar-refractivity contribution in [1.82, 2.24) is 0 Å². The van der Waals surface area contributed by atoms with Gasteiger partial charge in [0, 0.05) is 0 Å². The van der Waals surface area contributed by atoms with Gasteiger partial charge >= 0.3 is 0 Å². The molecule has 0 aromatic heterocycles. The minimum absolute atomic E-state index is 0.319. The van der Waals surface area contributed by atoms with Crippen LogP contribution in [0.2, 0.25) is 0 Å². The summed E-state index contributed by atoms with van der Waals surface area (Å²) in [5.74, 6) is 1.72. The van der Waals surface area contributed by atoms with Gasteiger partial charge in [-0.3, -0.25) is 0 Å². The third-order valence-corrected chi connectivity index (χ3v) is 4.37. The van der Waals surface area contributed by atoms with Gasteiger partial charge in [0.05, 0.1) is 19.8 Å². The molecular formula is C17H23NO3. The lowest BCUT2D eigenvalue weighted by Gasteiger charge is -2.28. The van der Waals surface area contributed by atoms with Gasteiger partial charge in [-0.05, 0) is 42.0 Å². The molecule has 4 nitrogen and oxygen atoms in total. The van der Waals surface area contributed by atoms with Crippen LogP contribution in [0.4, 0.5) is 0 Å². The summed E-state index contributed by atoms with van der Waals surface area (Å²) < 4.78 is 10.8. The van der Waals surface area contributed by atoms with E-state index in [1.165, 1.54) is 0 Å². The number of isocyanates is 1. The Bertz CT molecular complexity index is 553. The van der Waals surface area contributed by atoms with Gasteiger partial charge in [-0.25, -0.2) is 4.79 Å². The maximum Gasteiger partial charge on any atom is 0.235 e. The standard InChI is InChI=1S/C17H23NO3/c1-12(2)13-9-15(20-3)16(21-4)10-14(13)17(18-11-19)7-5-6-8-17/h9-10,12H,5-8H2,1-4H3. The molecule has 0 aliphatic heterocycles. The highest BCUT2D eigenvalue weighted by Gasteiger charge is 2.38. The normalized spacial score (nSPS) is 16.6. The molecule has 0 bridgehead atoms. The average Bonchev–Trinajstić information content (AvgIpc) is 2.95. The monoisotopic (exact) mass is 289 g/mol. The van der Waals surface area contributed by atoms with Crippen molar-refractivity contribution in [2.75, 3.05) is 14.2 Å². The van der Waals surface area contributed by atoms with Gasteiger partial charge < -0.3 is 9.47 Å². The fourth-order valence-corrected chi connectivity index (χ4v) is 3.26. The Labute approximate surface area is 126 Å². The summed E-state index contributed by atoms with van der Waals surface area (Å²) in [4.78, 5) is 15.1. The molecule has 0 spiro atoms. The summed E-state index contributed by atoms with van der Waals surface area (Å²) in [6.45, 7) is 4.27. The SMILES string of the molecule is COc1cc(C(C)C)c(C2(N=C=O)CCCC2)cc1OC. The third kappa shape index (κ3) is 2.81. The lowest BCUT2D eigenvalue weighted by molar-refractivity contribution is 0.351. The van der Waals surface area contributed by atoms with Crippen molar-refractivity contribution in [2.24, 2.45) is 4.99 Å². The zero-order chi connectivity index (χ0) is 15.5. The highest BCUT2D eigenvalue weighted by atomic mass is 16.5. The first-order valence-electron chi connectivity index (χ1n) is 7.43. The van der Waals surface area contributed by atoms with E-state index in [4.69, 9.17) is 9.47 Å². The van der Waals surface area contributed by atoms with E-state index in [2.05, 4.69) is 18.8 Å². The molecule has 1 aromatic rings. The summed E-state index contributed by atoms with van der Waals surface area (Å²) in [5, 5.41) is 0. The first-order valence-corrected chi connectivity index (χ1v) is 7.43. The minimum atomic E-state index is -0.444. The topological polar surface area (TPSA) is 47.9 Å². The number of rotatable bonds is 5. The maximum atomic E-state index is 11.0. The highest BCUT2D eigenvalue weighted by molar-refractivity contribution is 5.52. The van der Waals surface area contributed by atoms with Crippen LogP contribution in [0, 0.1) is 0 Å². The Morgan fingerprint density at radius 3 is 2.19 bits per heavy atom. The Kier molecular flexibility index (Phi) is 4.69. The lowest BCUT2D eigenvalue weighted by Crippen LogP contribution is -2.22. The fraction of sp³-hybridized carbons (Fsp3) is 0.588. The molecule has 0 atom stereocenters. The Hall–Kier alpha value is -1.80. The molecule has 0 unspecified atom stereocenters. The summed E-state index contributed by atoms with van der Waals surface area (Å²) in [5.41, 5.74) is 1.80. The van der Waals surface area contributed by atoms with E-state index in [9.17, 15) is 4.79 Å². The number of ether oxygens (including phenoxy) is 2. The van der Waals surface area contributed by atoms with Crippen molar-refractivity contribution in [3.05, 3.63) is 23.3 Å². The van der Waals surface area contributed by atoms with E-state index in [-0.39, 0.29) is 0 Å². The molecule has 114 valence electrons. The molecule has 0 radical (unpaired) electrons. The second kappa shape index (κ2) is 6.31. The molecule has 1 saturated carbocycles. The molecule has 2 rings (SSSR count). The number of methoxy groups -OCH3 is 2. The van der Waals surface area contributed by atoms with Gasteiger partial charge in [0.2, 0.25) is 6.08 Å². The first-order chi connectivity index (χ1) is 10.1. The predicted octanol–water partition coefficient (Wildman–Crippen LogP) is 3.93. The molecule has 0 saturated heterocycles. The van der Waals surface area contributed by atoms with Crippen LogP contribution < -0.4 is 9.47 Å². The van der Waals surface area contributed by atoms with Gasteiger partial charge in [0.1, 0.15) is 0 Å². The molecule has 21 heavy (non-hydrogen) atoms. The molecule has 0 heterocycles. The van der Waals surface area contributed by atoms with E-state index in [0.29, 0.717) is 17.4 Å². The molecule has 1 fully saturated rings. The van der Waals surface area contributed by atoms with E-state index in [1.54, 1.807) is 20.3 Å². The van der Waals surface area contributed by atoms with E-state index in [1.807, 2.05) is 12.1 Å². The van der Waals surface area contributed by atoms with Gasteiger partial charge in [-0.15, -0.1) is 0 Å². The van der Waals surface area contributed by atoms with Crippen molar-refractivity contribution in [1.29, 1.82) is 0 Å². The molecule has 1 aliphatic carbocycles. The Morgan fingerprint density at radius 2 is 1.71 bits per heavy atom. The summed E-state index contributed by atoms with van der Waals surface area (Å²) in [6.07, 6.45) is 5.72. The number of hydrogen-bond acceptors (Lipinski definition) is 4. The van der Waals surface area contributed by atoms with Crippen LogP contribution >= 0.6 is 0 Å². The van der Waals surface area contributed by atoms with Crippen molar-refractivity contribution >= 4 is 6.08 Å². The highest BCUT2D eigenvalue weighted by Crippen LogP contribution is 2.47. The summed E-state index contributed by atoms with van der Waals surface area (Å²) in [6, 6.07) is 4.00. The molecule has 4 heteroatoms. The number of carbonyl (C=O) groups excluding carboxylic acids is 1. The van der Waals surface area contributed by atoms with Crippen LogP contribution in [-0.4, -0.2) is 20.3 Å². The zero-order valence-electron chi connectivity index (χ0n) is 13.2. The minimum Gasteiger partial charge on any atom is -0.493 e. The van der Waals surface area contributed by atoms with E-state index in [0.717, 1.165) is 36.8 Å². The van der Waals surface area contributed by atoms with Crippen LogP contribution in [0.25, 0.3) is 0 Å². The number of aliphatic imine (C=N–C) groups is 1. The first kappa shape index (κ1) is 15.6. The van der Waals surface area contributed by atoms with Gasteiger partial charge in [-0.2, -0.15) is 4.99 Å². The van der Waals surface area contributed by atoms with Crippen LogP contribution in [0.15, 0.2) is 17.1 Å². The van der Waals surface area contributed by atoms with Crippen molar-refractivity contribution in [3.8, 4) is 11.5 Å². The van der Waals surface area contributed by atoms with Crippen LogP contribution in [0.1, 0.15) is 56.6 Å². The van der Waals surface area contributed by atoms with E-state index < -0.39 is 5.54 Å². The number of hydrogen-bond donors (Lipinski definition) is 0. The largest absolute Gasteiger partial charge is 0.493 e. The fourth-order valence-electron chi connectivity index (χ4n) is 3.26. The summed E-state index contributed by atoms with van der Waals surface area (Å²) in [7, 11) is 3.26. The van der Waals surface area contributed by atoms with Crippen LogP contribution in [0.5, 0.6) is 11.5 Å². The van der Waals surface area contributed by atoms with Gasteiger partial charge in [0.25, 0.3) is 0 Å². The molecule has 1 aromatic carbocycles. The Balaban J connectivity index is 2.67. The smallest absolute Gasteiger partial charge is 0.235 e. The van der Waals surface area contributed by atoms with Crippen LogP contribution in [0.3, 0.4) is 0 Å².